The molecule has 178 valence electrons. The van der Waals surface area contributed by atoms with E-state index in [9.17, 15) is 9.59 Å². The number of nitrogens with zero attached hydrogens (tertiary/aromatic N) is 2. The largest absolute Gasteiger partial charge is 0.353 e. The van der Waals surface area contributed by atoms with Crippen LogP contribution in [0, 0.1) is 0 Å². The summed E-state index contributed by atoms with van der Waals surface area (Å²) < 4.78 is 0. The Labute approximate surface area is 209 Å². The van der Waals surface area contributed by atoms with E-state index in [0.717, 1.165) is 50.9 Å². The van der Waals surface area contributed by atoms with Gasteiger partial charge in [-0.05, 0) is 61.7 Å². The van der Waals surface area contributed by atoms with Crippen LogP contribution in [0.2, 0.25) is 0 Å². The molecule has 2 aromatic heterocycles. The first-order valence-electron chi connectivity index (χ1n) is 12.3. The van der Waals surface area contributed by atoms with E-state index in [2.05, 4.69) is 27.4 Å². The van der Waals surface area contributed by atoms with Crippen LogP contribution in [0.15, 0.2) is 79.0 Å². The number of hydrogen-bond acceptors (Lipinski definition) is 3. The van der Waals surface area contributed by atoms with Gasteiger partial charge in [-0.15, -0.1) is 0 Å². The van der Waals surface area contributed by atoms with Gasteiger partial charge in [0.1, 0.15) is 0 Å². The zero-order valence-corrected chi connectivity index (χ0v) is 20.0. The molecule has 0 saturated heterocycles. The molecule has 0 radical (unpaired) electrons. The third-order valence-corrected chi connectivity index (χ3v) is 6.94. The summed E-state index contributed by atoms with van der Waals surface area (Å²) in [6, 6.07) is 23.7. The lowest BCUT2D eigenvalue weighted by Gasteiger charge is -2.15. The number of aromatic nitrogens is 2. The maximum Gasteiger partial charge on any atom is 0.258 e. The van der Waals surface area contributed by atoms with Crippen molar-refractivity contribution in [1.82, 2.24) is 9.97 Å². The van der Waals surface area contributed by atoms with Gasteiger partial charge in [0, 0.05) is 52.1 Å². The summed E-state index contributed by atoms with van der Waals surface area (Å²) in [4.78, 5) is 35.5. The number of hydrogen-bond donors (Lipinski definition) is 2. The second-order valence-corrected chi connectivity index (χ2v) is 9.05. The number of amides is 2. The minimum Gasteiger partial charge on any atom is -0.353 e. The first-order chi connectivity index (χ1) is 17.7. The van der Waals surface area contributed by atoms with Crippen LogP contribution in [0.4, 0.5) is 11.4 Å². The van der Waals surface area contributed by atoms with E-state index in [1.165, 1.54) is 5.56 Å². The highest BCUT2D eigenvalue weighted by molar-refractivity contribution is 6.27. The molecule has 6 heteroatoms. The molecular formula is C30H26N4O2. The van der Waals surface area contributed by atoms with E-state index in [-0.39, 0.29) is 11.8 Å². The number of anilines is 2. The van der Waals surface area contributed by atoms with Crippen molar-refractivity contribution in [3.8, 4) is 11.4 Å². The molecule has 36 heavy (non-hydrogen) atoms. The Morgan fingerprint density at radius 1 is 0.972 bits per heavy atom. The Morgan fingerprint density at radius 2 is 1.81 bits per heavy atom. The second kappa shape index (κ2) is 8.96. The summed E-state index contributed by atoms with van der Waals surface area (Å²) in [5.74, 6) is -0.0179. The number of nitrogens with one attached hydrogen (secondary N) is 2. The molecule has 0 saturated carbocycles. The maximum absolute atomic E-state index is 13.0. The van der Waals surface area contributed by atoms with Crippen molar-refractivity contribution in [2.24, 2.45) is 0 Å². The smallest absolute Gasteiger partial charge is 0.258 e. The van der Waals surface area contributed by atoms with Gasteiger partial charge in [-0.1, -0.05) is 36.4 Å². The van der Waals surface area contributed by atoms with Crippen LogP contribution >= 0.6 is 0 Å². The Balaban J connectivity index is 1.21. The Hall–Kier alpha value is -4.45. The summed E-state index contributed by atoms with van der Waals surface area (Å²) in [5.41, 5.74) is 6.51. The summed E-state index contributed by atoms with van der Waals surface area (Å²) in [6.07, 6.45) is 3.65. The molecule has 1 aliphatic heterocycles. The number of carbonyl (C=O) groups is 2. The number of benzene rings is 3. The van der Waals surface area contributed by atoms with Crippen LogP contribution in [-0.2, 0) is 11.2 Å². The number of fused-ring (bicyclic) bond motifs is 1. The minimum absolute atomic E-state index is 0.0176. The average molecular weight is 475 g/mol. The van der Waals surface area contributed by atoms with Crippen molar-refractivity contribution in [3.05, 3.63) is 90.1 Å². The van der Waals surface area contributed by atoms with E-state index in [1.807, 2.05) is 67.6 Å². The van der Waals surface area contributed by atoms with Crippen LogP contribution in [0.1, 0.15) is 35.7 Å². The number of pyridine rings is 1. The standard InChI is InChI=1S/C30H26N4O2/c1-2-34-26-17-16-24(21-11-7-12-22(28(21)26)30(34)36)32-27(35)15-8-10-20-19-9-3-4-13-23(19)33-29(20)25-14-5-6-18-31-25/h3-7,9,11-14,16-18,33H,2,8,10,15H2,1H3,(H,32,35). The summed E-state index contributed by atoms with van der Waals surface area (Å²) in [5, 5.41) is 6.07. The Bertz CT molecular complexity index is 1620. The molecule has 0 spiro atoms. The molecule has 5 aromatic rings. The molecule has 2 N–H and O–H groups in total. The summed E-state index contributed by atoms with van der Waals surface area (Å²) in [7, 11) is 0. The molecule has 3 aromatic carbocycles. The van der Waals surface area contributed by atoms with E-state index in [0.29, 0.717) is 24.9 Å². The van der Waals surface area contributed by atoms with Gasteiger partial charge in [-0.3, -0.25) is 14.6 Å². The van der Waals surface area contributed by atoms with Gasteiger partial charge < -0.3 is 15.2 Å². The van der Waals surface area contributed by atoms with E-state index < -0.39 is 0 Å². The molecule has 0 atom stereocenters. The third kappa shape index (κ3) is 3.62. The molecule has 6 rings (SSSR count). The van der Waals surface area contributed by atoms with E-state index in [1.54, 1.807) is 11.1 Å². The molecule has 0 fully saturated rings. The number of rotatable bonds is 7. The summed E-state index contributed by atoms with van der Waals surface area (Å²) >= 11 is 0. The van der Waals surface area contributed by atoms with Crippen LogP contribution in [0.3, 0.4) is 0 Å². The fourth-order valence-corrected chi connectivity index (χ4v) is 5.30. The zero-order chi connectivity index (χ0) is 24.6. The Morgan fingerprint density at radius 3 is 2.64 bits per heavy atom. The lowest BCUT2D eigenvalue weighted by Crippen LogP contribution is -2.25. The van der Waals surface area contributed by atoms with Gasteiger partial charge in [0.05, 0.1) is 17.1 Å². The topological polar surface area (TPSA) is 78.1 Å². The summed E-state index contributed by atoms with van der Waals surface area (Å²) in [6.45, 7) is 2.58. The number of H-pyrrole nitrogens is 1. The quantitative estimate of drug-likeness (QED) is 0.290. The fraction of sp³-hybridized carbons (Fsp3) is 0.167. The highest BCUT2D eigenvalue weighted by Gasteiger charge is 2.29. The van der Waals surface area contributed by atoms with Crippen molar-refractivity contribution >= 4 is 44.9 Å². The lowest BCUT2D eigenvalue weighted by atomic mass is 10.0. The Kier molecular flexibility index (Phi) is 5.49. The average Bonchev–Trinajstić information content (AvgIpc) is 3.42. The first-order valence-corrected chi connectivity index (χ1v) is 12.3. The predicted octanol–water partition coefficient (Wildman–Crippen LogP) is 6.32. The second-order valence-electron chi connectivity index (χ2n) is 9.05. The van der Waals surface area contributed by atoms with E-state index >= 15 is 0 Å². The minimum atomic E-state index is -0.0356. The van der Waals surface area contributed by atoms with Gasteiger partial charge in [0.15, 0.2) is 0 Å². The monoisotopic (exact) mass is 474 g/mol. The van der Waals surface area contributed by atoms with Crippen molar-refractivity contribution in [2.75, 3.05) is 16.8 Å². The normalized spacial score (nSPS) is 12.6. The molecule has 3 heterocycles. The lowest BCUT2D eigenvalue weighted by molar-refractivity contribution is -0.116. The molecule has 1 aliphatic rings. The number of aryl methyl sites for hydroxylation is 1. The van der Waals surface area contributed by atoms with Crippen molar-refractivity contribution < 1.29 is 9.59 Å². The molecule has 6 nitrogen and oxygen atoms in total. The molecule has 0 bridgehead atoms. The van der Waals surface area contributed by atoms with Crippen LogP contribution in [-0.4, -0.2) is 28.3 Å². The van der Waals surface area contributed by atoms with Gasteiger partial charge in [-0.25, -0.2) is 0 Å². The van der Waals surface area contributed by atoms with Gasteiger partial charge in [0.2, 0.25) is 5.91 Å². The highest BCUT2D eigenvalue weighted by atomic mass is 16.2. The van der Waals surface area contributed by atoms with Crippen LogP contribution in [0.5, 0.6) is 0 Å². The number of carbonyl (C=O) groups excluding carboxylic acids is 2. The molecular weight excluding hydrogens is 448 g/mol. The van der Waals surface area contributed by atoms with Gasteiger partial charge in [-0.2, -0.15) is 0 Å². The maximum atomic E-state index is 13.0. The van der Waals surface area contributed by atoms with Gasteiger partial charge >= 0.3 is 0 Å². The first kappa shape index (κ1) is 22.0. The van der Waals surface area contributed by atoms with Crippen molar-refractivity contribution in [1.29, 1.82) is 0 Å². The van der Waals surface area contributed by atoms with Crippen LogP contribution < -0.4 is 10.2 Å². The zero-order valence-electron chi connectivity index (χ0n) is 20.0. The molecule has 2 amide bonds. The van der Waals surface area contributed by atoms with Crippen molar-refractivity contribution in [3.63, 3.8) is 0 Å². The van der Waals surface area contributed by atoms with Crippen molar-refractivity contribution in [2.45, 2.75) is 26.2 Å². The van der Waals surface area contributed by atoms with Crippen LogP contribution in [0.25, 0.3) is 33.1 Å². The van der Waals surface area contributed by atoms with E-state index in [4.69, 9.17) is 0 Å². The SMILES string of the molecule is CCN1C(=O)c2cccc3c(NC(=O)CCCc4c(-c5ccccn5)[nH]c5ccccc45)ccc1c23. The fourth-order valence-electron chi connectivity index (χ4n) is 5.30. The predicted molar refractivity (Wildman–Crippen MR) is 144 cm³/mol. The number of aromatic amines is 1. The molecule has 0 unspecified atom stereocenters. The number of para-hydroxylation sites is 1. The highest BCUT2D eigenvalue weighted by Crippen LogP contribution is 2.40. The van der Waals surface area contributed by atoms with Gasteiger partial charge in [0.25, 0.3) is 5.91 Å². The third-order valence-electron chi connectivity index (χ3n) is 6.94. The molecule has 0 aliphatic carbocycles.